The SMILES string of the molecule is CC12CC(CO)(C1)C(CN)O2. The standard InChI is InChI=1S/C8H15NO2/c1-7-3-8(4-7,5-10)6(2-9)11-7/h6,10H,2-5,9H2,1H3. The van der Waals surface area contributed by atoms with Crippen molar-refractivity contribution < 1.29 is 9.84 Å². The van der Waals surface area contributed by atoms with E-state index in [-0.39, 0.29) is 23.7 Å². The first-order valence-corrected chi connectivity index (χ1v) is 4.13. The van der Waals surface area contributed by atoms with Crippen molar-refractivity contribution in [3.05, 3.63) is 0 Å². The fourth-order valence-electron chi connectivity index (χ4n) is 2.73. The Kier molecular flexibility index (Phi) is 1.35. The zero-order valence-corrected chi connectivity index (χ0v) is 6.84. The summed E-state index contributed by atoms with van der Waals surface area (Å²) < 4.78 is 5.68. The lowest BCUT2D eigenvalue weighted by molar-refractivity contribution is -0.0172. The topological polar surface area (TPSA) is 55.5 Å². The summed E-state index contributed by atoms with van der Waals surface area (Å²) in [7, 11) is 0. The Morgan fingerprint density at radius 3 is 2.64 bits per heavy atom. The third-order valence-corrected chi connectivity index (χ3v) is 3.09. The van der Waals surface area contributed by atoms with Crippen LogP contribution in [-0.4, -0.2) is 30.0 Å². The highest BCUT2D eigenvalue weighted by Gasteiger charge is 2.64. The number of ether oxygens (including phenoxy) is 1. The van der Waals surface area contributed by atoms with Crippen LogP contribution < -0.4 is 5.73 Å². The molecule has 1 atom stereocenters. The van der Waals surface area contributed by atoms with Crippen molar-refractivity contribution in [2.75, 3.05) is 13.2 Å². The van der Waals surface area contributed by atoms with Gasteiger partial charge in [0.05, 0.1) is 18.3 Å². The molecule has 0 radical (unpaired) electrons. The summed E-state index contributed by atoms with van der Waals surface area (Å²) in [4.78, 5) is 0. The molecule has 64 valence electrons. The number of aliphatic hydroxyl groups excluding tert-OH is 1. The van der Waals surface area contributed by atoms with Crippen LogP contribution >= 0.6 is 0 Å². The lowest BCUT2D eigenvalue weighted by Gasteiger charge is -2.42. The van der Waals surface area contributed by atoms with Crippen LogP contribution in [0.1, 0.15) is 19.8 Å². The van der Waals surface area contributed by atoms with Crippen molar-refractivity contribution in [1.29, 1.82) is 0 Å². The zero-order chi connectivity index (χ0) is 8.11. The maximum Gasteiger partial charge on any atom is 0.0784 e. The minimum atomic E-state index is 0.0174. The van der Waals surface area contributed by atoms with Crippen LogP contribution in [0, 0.1) is 5.41 Å². The molecule has 0 spiro atoms. The Hall–Kier alpha value is -0.120. The van der Waals surface area contributed by atoms with Gasteiger partial charge in [-0.1, -0.05) is 0 Å². The van der Waals surface area contributed by atoms with Gasteiger partial charge in [0, 0.05) is 12.0 Å². The quantitative estimate of drug-likeness (QED) is 0.587. The maximum atomic E-state index is 9.14. The molecular formula is C8H15NO2. The average Bonchev–Trinajstić information content (AvgIpc) is 2.36. The van der Waals surface area contributed by atoms with Gasteiger partial charge in [-0.05, 0) is 19.8 Å². The molecule has 2 aliphatic heterocycles. The van der Waals surface area contributed by atoms with E-state index in [4.69, 9.17) is 15.6 Å². The Morgan fingerprint density at radius 1 is 1.64 bits per heavy atom. The molecule has 0 aromatic heterocycles. The summed E-state index contributed by atoms with van der Waals surface area (Å²) in [5, 5.41) is 9.14. The Labute approximate surface area is 66.5 Å². The van der Waals surface area contributed by atoms with Crippen LogP contribution in [0.5, 0.6) is 0 Å². The molecule has 1 saturated carbocycles. The van der Waals surface area contributed by atoms with Crippen LogP contribution in [0.3, 0.4) is 0 Å². The third-order valence-electron chi connectivity index (χ3n) is 3.09. The monoisotopic (exact) mass is 157 g/mol. The Morgan fingerprint density at radius 2 is 2.27 bits per heavy atom. The summed E-state index contributed by atoms with van der Waals surface area (Å²) in [5.41, 5.74) is 5.59. The van der Waals surface area contributed by atoms with E-state index in [1.807, 2.05) is 0 Å². The second-order valence-electron chi connectivity index (χ2n) is 4.17. The molecule has 1 aliphatic carbocycles. The second-order valence-corrected chi connectivity index (χ2v) is 4.17. The zero-order valence-electron chi connectivity index (χ0n) is 6.84. The minimum Gasteiger partial charge on any atom is -0.396 e. The number of aliphatic hydroxyl groups is 1. The van der Waals surface area contributed by atoms with E-state index < -0.39 is 0 Å². The molecule has 3 nitrogen and oxygen atoms in total. The molecule has 1 unspecified atom stereocenters. The minimum absolute atomic E-state index is 0.0174. The molecule has 11 heavy (non-hydrogen) atoms. The lowest BCUT2D eigenvalue weighted by Crippen LogP contribution is -2.47. The van der Waals surface area contributed by atoms with E-state index in [9.17, 15) is 0 Å². The molecule has 2 bridgehead atoms. The first-order chi connectivity index (χ1) is 5.14. The van der Waals surface area contributed by atoms with Crippen molar-refractivity contribution in [2.45, 2.75) is 31.5 Å². The molecule has 2 heterocycles. The molecule has 0 aromatic carbocycles. The normalized spacial score (nSPS) is 54.3. The predicted molar refractivity (Wildman–Crippen MR) is 41.1 cm³/mol. The average molecular weight is 157 g/mol. The largest absolute Gasteiger partial charge is 0.396 e. The van der Waals surface area contributed by atoms with Gasteiger partial charge in [-0.15, -0.1) is 0 Å². The Bertz CT molecular complexity index is 169. The smallest absolute Gasteiger partial charge is 0.0784 e. The Balaban J connectivity index is 2.15. The summed E-state index contributed by atoms with van der Waals surface area (Å²) in [6, 6.07) is 0. The molecule has 3 rings (SSSR count). The predicted octanol–water partition coefficient (Wildman–Crippen LogP) is -0.125. The van der Waals surface area contributed by atoms with Gasteiger partial charge in [0.1, 0.15) is 0 Å². The number of hydrogen-bond donors (Lipinski definition) is 2. The van der Waals surface area contributed by atoms with Gasteiger partial charge < -0.3 is 15.6 Å². The summed E-state index contributed by atoms with van der Waals surface area (Å²) in [6.45, 7) is 2.86. The third kappa shape index (κ3) is 0.789. The van der Waals surface area contributed by atoms with Crippen molar-refractivity contribution in [2.24, 2.45) is 11.1 Å². The molecule has 0 aromatic rings. The summed E-state index contributed by atoms with van der Waals surface area (Å²) >= 11 is 0. The maximum absolute atomic E-state index is 9.14. The van der Waals surface area contributed by atoms with Crippen molar-refractivity contribution >= 4 is 0 Å². The van der Waals surface area contributed by atoms with Gasteiger partial charge in [0.15, 0.2) is 0 Å². The fraction of sp³-hybridized carbons (Fsp3) is 1.00. The van der Waals surface area contributed by atoms with Gasteiger partial charge in [-0.2, -0.15) is 0 Å². The van der Waals surface area contributed by atoms with Gasteiger partial charge in [0.2, 0.25) is 0 Å². The van der Waals surface area contributed by atoms with Gasteiger partial charge in [-0.25, -0.2) is 0 Å². The second kappa shape index (κ2) is 1.97. The number of hydrogen-bond acceptors (Lipinski definition) is 3. The summed E-state index contributed by atoms with van der Waals surface area (Å²) in [5.74, 6) is 0. The van der Waals surface area contributed by atoms with E-state index in [1.165, 1.54) is 0 Å². The van der Waals surface area contributed by atoms with Crippen molar-refractivity contribution in [3.63, 3.8) is 0 Å². The molecule has 3 fully saturated rings. The van der Waals surface area contributed by atoms with Gasteiger partial charge in [0.25, 0.3) is 0 Å². The summed E-state index contributed by atoms with van der Waals surface area (Å²) in [6.07, 6.45) is 2.06. The highest BCUT2D eigenvalue weighted by atomic mass is 16.5. The van der Waals surface area contributed by atoms with Crippen LogP contribution in [0.2, 0.25) is 0 Å². The number of rotatable bonds is 2. The van der Waals surface area contributed by atoms with Crippen LogP contribution in [0.4, 0.5) is 0 Å². The van der Waals surface area contributed by atoms with E-state index in [2.05, 4.69) is 6.92 Å². The van der Waals surface area contributed by atoms with Crippen LogP contribution in [0.25, 0.3) is 0 Å². The van der Waals surface area contributed by atoms with E-state index in [0.717, 1.165) is 12.8 Å². The molecule has 2 saturated heterocycles. The van der Waals surface area contributed by atoms with Crippen molar-refractivity contribution in [1.82, 2.24) is 0 Å². The van der Waals surface area contributed by atoms with Gasteiger partial charge >= 0.3 is 0 Å². The molecule has 3 heteroatoms. The van der Waals surface area contributed by atoms with Crippen molar-refractivity contribution in [3.8, 4) is 0 Å². The molecular weight excluding hydrogens is 142 g/mol. The van der Waals surface area contributed by atoms with Gasteiger partial charge in [-0.3, -0.25) is 0 Å². The van der Waals surface area contributed by atoms with E-state index in [0.29, 0.717) is 6.54 Å². The first kappa shape index (κ1) is 7.53. The molecule has 3 aliphatic rings. The molecule has 3 N–H and O–H groups in total. The van der Waals surface area contributed by atoms with E-state index in [1.54, 1.807) is 0 Å². The fourth-order valence-corrected chi connectivity index (χ4v) is 2.73. The molecule has 0 amide bonds. The highest BCUT2D eigenvalue weighted by Crippen LogP contribution is 2.60. The van der Waals surface area contributed by atoms with E-state index >= 15 is 0 Å². The van der Waals surface area contributed by atoms with Crippen LogP contribution in [-0.2, 0) is 4.74 Å². The number of nitrogens with two attached hydrogens (primary N) is 1. The van der Waals surface area contributed by atoms with Crippen LogP contribution in [0.15, 0.2) is 0 Å². The number of fused-ring (bicyclic) bond motifs is 1. The first-order valence-electron chi connectivity index (χ1n) is 4.13. The lowest BCUT2D eigenvalue weighted by atomic mass is 9.61. The highest BCUT2D eigenvalue weighted by molar-refractivity contribution is 5.13.